The molecule has 1 N–H and O–H groups in total. The lowest BCUT2D eigenvalue weighted by Crippen LogP contribution is -2.34. The number of rotatable bonds is 7. The van der Waals surface area contributed by atoms with Crippen LogP contribution in [0.1, 0.15) is 34.5 Å². The molecule has 0 bridgehead atoms. The Bertz CT molecular complexity index is 716. The molecular weight excluding hydrogens is 352 g/mol. The van der Waals surface area contributed by atoms with E-state index in [1.807, 2.05) is 32.5 Å². The van der Waals surface area contributed by atoms with E-state index in [0.717, 1.165) is 11.3 Å². The summed E-state index contributed by atoms with van der Waals surface area (Å²) in [6, 6.07) is 14.2. The van der Waals surface area contributed by atoms with Gasteiger partial charge in [-0.05, 0) is 56.1 Å². The number of thioether (sulfide) groups is 1. The number of amides is 1. The van der Waals surface area contributed by atoms with Crippen LogP contribution in [0.3, 0.4) is 0 Å². The maximum Gasteiger partial charge on any atom is 0.252 e. The van der Waals surface area contributed by atoms with Gasteiger partial charge in [0.05, 0.1) is 16.6 Å². The number of hydrogen-bond acceptors (Lipinski definition) is 3. The van der Waals surface area contributed by atoms with Gasteiger partial charge in [0.1, 0.15) is 0 Å². The van der Waals surface area contributed by atoms with Crippen LogP contribution in [0.2, 0.25) is 5.02 Å². The van der Waals surface area contributed by atoms with Gasteiger partial charge in [0.2, 0.25) is 0 Å². The van der Waals surface area contributed by atoms with Crippen LogP contribution in [0.5, 0.6) is 0 Å². The third kappa shape index (κ3) is 5.24. The highest BCUT2D eigenvalue weighted by atomic mass is 35.5. The molecule has 1 amide bonds. The molecule has 2 aromatic carbocycles. The summed E-state index contributed by atoms with van der Waals surface area (Å²) in [6.07, 6.45) is 3.00. The molecule has 5 heteroatoms. The van der Waals surface area contributed by atoms with Crippen molar-refractivity contribution >= 4 is 29.3 Å². The molecule has 2 rings (SSSR count). The van der Waals surface area contributed by atoms with Gasteiger partial charge in [0, 0.05) is 11.4 Å². The molecular formula is C20H25ClN2OS. The van der Waals surface area contributed by atoms with E-state index in [1.54, 1.807) is 17.8 Å². The van der Waals surface area contributed by atoms with Gasteiger partial charge in [-0.1, -0.05) is 42.8 Å². The Morgan fingerprint density at radius 3 is 2.44 bits per heavy atom. The van der Waals surface area contributed by atoms with Gasteiger partial charge in [0.25, 0.3) is 5.91 Å². The second kappa shape index (κ2) is 9.27. The quantitative estimate of drug-likeness (QED) is 0.713. The maximum atomic E-state index is 12.6. The number of carbonyl (C=O) groups excluding carboxylic acids is 1. The van der Waals surface area contributed by atoms with E-state index in [9.17, 15) is 4.79 Å². The van der Waals surface area contributed by atoms with Crippen LogP contribution >= 0.6 is 23.4 Å². The zero-order valence-corrected chi connectivity index (χ0v) is 16.7. The van der Waals surface area contributed by atoms with Crippen molar-refractivity contribution < 1.29 is 4.79 Å². The summed E-state index contributed by atoms with van der Waals surface area (Å²) < 4.78 is 0. The zero-order chi connectivity index (χ0) is 18.4. The normalized spacial score (nSPS) is 12.2. The predicted molar refractivity (Wildman–Crippen MR) is 108 cm³/mol. The molecule has 0 spiro atoms. The second-order valence-corrected chi connectivity index (χ2v) is 7.42. The summed E-state index contributed by atoms with van der Waals surface area (Å²) in [5.74, 6) is -0.141. The summed E-state index contributed by atoms with van der Waals surface area (Å²) in [7, 11) is 4.04. The zero-order valence-electron chi connectivity index (χ0n) is 15.2. The average Bonchev–Trinajstić information content (AvgIpc) is 2.62. The lowest BCUT2D eigenvalue weighted by atomic mass is 10.0. The van der Waals surface area contributed by atoms with Crippen molar-refractivity contribution in [1.82, 2.24) is 10.2 Å². The first-order chi connectivity index (χ1) is 12.0. The topological polar surface area (TPSA) is 32.3 Å². The monoisotopic (exact) mass is 376 g/mol. The molecule has 0 fully saturated rings. The molecule has 0 aliphatic rings. The molecule has 2 aromatic rings. The van der Waals surface area contributed by atoms with Gasteiger partial charge < -0.3 is 10.2 Å². The van der Waals surface area contributed by atoms with Crippen molar-refractivity contribution in [3.63, 3.8) is 0 Å². The molecule has 0 aliphatic heterocycles. The molecule has 1 unspecified atom stereocenters. The predicted octanol–water partition coefficient (Wildman–Crippen LogP) is 4.66. The number of carbonyl (C=O) groups is 1. The highest BCUT2D eigenvalue weighted by molar-refractivity contribution is 7.98. The standard InChI is InChI=1S/C20H25ClN2OS/c1-5-14-6-8-15(9-7-14)19(23(2)3)13-22-20(24)17-12-16(25-4)10-11-18(17)21/h6-12,19H,5,13H2,1-4H3,(H,22,24). The maximum absolute atomic E-state index is 12.6. The molecule has 0 aromatic heterocycles. The number of nitrogens with one attached hydrogen (secondary N) is 1. The lowest BCUT2D eigenvalue weighted by molar-refractivity contribution is 0.0942. The van der Waals surface area contributed by atoms with Crippen LogP contribution in [0.25, 0.3) is 0 Å². The number of halogens is 1. The smallest absolute Gasteiger partial charge is 0.252 e. The number of nitrogens with zero attached hydrogens (tertiary/aromatic N) is 1. The van der Waals surface area contributed by atoms with E-state index in [2.05, 4.69) is 41.4 Å². The fourth-order valence-electron chi connectivity index (χ4n) is 2.66. The lowest BCUT2D eigenvalue weighted by Gasteiger charge is -2.25. The first-order valence-corrected chi connectivity index (χ1v) is 9.93. The molecule has 25 heavy (non-hydrogen) atoms. The molecule has 0 saturated carbocycles. The Kier molecular flexibility index (Phi) is 7.36. The number of aryl methyl sites for hydroxylation is 1. The van der Waals surface area contributed by atoms with Crippen LogP contribution in [-0.2, 0) is 6.42 Å². The molecule has 1 atom stereocenters. The van der Waals surface area contributed by atoms with Crippen LogP contribution in [0, 0.1) is 0 Å². The van der Waals surface area contributed by atoms with E-state index < -0.39 is 0 Å². The average molecular weight is 377 g/mol. The molecule has 0 aliphatic carbocycles. The van der Waals surface area contributed by atoms with Gasteiger partial charge in [-0.3, -0.25) is 4.79 Å². The fourth-order valence-corrected chi connectivity index (χ4v) is 3.31. The van der Waals surface area contributed by atoms with E-state index in [-0.39, 0.29) is 11.9 Å². The summed E-state index contributed by atoms with van der Waals surface area (Å²) in [5, 5.41) is 3.50. The second-order valence-electron chi connectivity index (χ2n) is 6.13. The number of likely N-dealkylation sites (N-methyl/N-ethyl adjacent to an activating group) is 1. The van der Waals surface area contributed by atoms with Gasteiger partial charge in [-0.15, -0.1) is 11.8 Å². The van der Waals surface area contributed by atoms with E-state index in [0.29, 0.717) is 17.1 Å². The molecule has 0 saturated heterocycles. The number of benzene rings is 2. The third-order valence-electron chi connectivity index (χ3n) is 4.27. The first-order valence-electron chi connectivity index (χ1n) is 8.33. The fraction of sp³-hybridized carbons (Fsp3) is 0.350. The Labute approximate surface area is 159 Å². The van der Waals surface area contributed by atoms with Gasteiger partial charge in [-0.2, -0.15) is 0 Å². The van der Waals surface area contributed by atoms with E-state index >= 15 is 0 Å². The van der Waals surface area contributed by atoms with Crippen molar-refractivity contribution in [2.45, 2.75) is 24.3 Å². The third-order valence-corrected chi connectivity index (χ3v) is 5.33. The van der Waals surface area contributed by atoms with Crippen LogP contribution < -0.4 is 5.32 Å². The minimum absolute atomic E-state index is 0.109. The minimum Gasteiger partial charge on any atom is -0.350 e. The van der Waals surface area contributed by atoms with Crippen molar-refractivity contribution in [3.05, 3.63) is 64.2 Å². The number of hydrogen-bond donors (Lipinski definition) is 1. The summed E-state index contributed by atoms with van der Waals surface area (Å²) in [4.78, 5) is 15.7. The largest absolute Gasteiger partial charge is 0.350 e. The van der Waals surface area contributed by atoms with E-state index in [4.69, 9.17) is 11.6 Å². The summed E-state index contributed by atoms with van der Waals surface area (Å²) in [5.41, 5.74) is 3.02. The Morgan fingerprint density at radius 2 is 1.88 bits per heavy atom. The first kappa shape index (κ1) is 19.8. The minimum atomic E-state index is -0.141. The highest BCUT2D eigenvalue weighted by Gasteiger charge is 2.17. The van der Waals surface area contributed by atoms with Gasteiger partial charge in [-0.25, -0.2) is 0 Å². The van der Waals surface area contributed by atoms with Gasteiger partial charge >= 0.3 is 0 Å². The Hall–Kier alpha value is -1.49. The van der Waals surface area contributed by atoms with Crippen LogP contribution in [0.15, 0.2) is 47.4 Å². The summed E-state index contributed by atoms with van der Waals surface area (Å²) >= 11 is 7.79. The molecule has 0 radical (unpaired) electrons. The van der Waals surface area contributed by atoms with Crippen molar-refractivity contribution in [2.75, 3.05) is 26.9 Å². The van der Waals surface area contributed by atoms with Crippen LogP contribution in [0.4, 0.5) is 0 Å². The summed E-state index contributed by atoms with van der Waals surface area (Å²) in [6.45, 7) is 2.67. The SMILES string of the molecule is CCc1ccc(C(CNC(=O)c2cc(SC)ccc2Cl)N(C)C)cc1. The Morgan fingerprint density at radius 1 is 1.20 bits per heavy atom. The van der Waals surface area contributed by atoms with Crippen molar-refractivity contribution in [3.8, 4) is 0 Å². The molecule has 3 nitrogen and oxygen atoms in total. The molecule has 0 heterocycles. The highest BCUT2D eigenvalue weighted by Crippen LogP contribution is 2.23. The van der Waals surface area contributed by atoms with Gasteiger partial charge in [0.15, 0.2) is 0 Å². The molecule has 134 valence electrons. The van der Waals surface area contributed by atoms with Crippen molar-refractivity contribution in [2.24, 2.45) is 0 Å². The Balaban J connectivity index is 2.11. The van der Waals surface area contributed by atoms with Crippen molar-refractivity contribution in [1.29, 1.82) is 0 Å². The van der Waals surface area contributed by atoms with Crippen LogP contribution in [-0.4, -0.2) is 37.7 Å². The van der Waals surface area contributed by atoms with E-state index in [1.165, 1.54) is 11.1 Å².